The molecular weight excluding hydrogens is 444 g/mol. The van der Waals surface area contributed by atoms with Crippen molar-refractivity contribution in [2.75, 3.05) is 18.5 Å². The van der Waals surface area contributed by atoms with Gasteiger partial charge in [0, 0.05) is 6.08 Å². The molecule has 1 atom stereocenters. The number of alkyl halides is 6. The number of ether oxygens (including phenoxy) is 2. The van der Waals surface area contributed by atoms with Crippen molar-refractivity contribution in [3.8, 4) is 11.8 Å². The average Bonchev–Trinajstić information content (AvgIpc) is 2.74. The largest absolute Gasteiger partial charge is 0.474 e. The highest BCUT2D eigenvalue weighted by Crippen LogP contribution is 2.29. The molecule has 12 heteroatoms. The summed E-state index contributed by atoms with van der Waals surface area (Å²) in [5, 5.41) is 2.23. The zero-order chi connectivity index (χ0) is 23.7. The molecule has 0 bridgehead atoms. The summed E-state index contributed by atoms with van der Waals surface area (Å²) in [7, 11) is 0. The van der Waals surface area contributed by atoms with Gasteiger partial charge in [-0.3, -0.25) is 10.1 Å². The monoisotopic (exact) mass is 461 g/mol. The second-order valence-corrected chi connectivity index (χ2v) is 6.08. The summed E-state index contributed by atoms with van der Waals surface area (Å²) in [5.74, 6) is -1.78. The second-order valence-electron chi connectivity index (χ2n) is 6.08. The van der Waals surface area contributed by atoms with Gasteiger partial charge in [-0.05, 0) is 23.8 Å². The standard InChI is InChI=1S/C20H17F6N3O3/c1-2-14(21)10-31-17-9-18(32-11-15(22)23)29-19(28-17)27-16(30)8-5-12-3-6-13(7-4-12)20(24,25)26/h2-9,14-15H,1,10-11H2,(H,27,28,29,30)/b8-5+. The van der Waals surface area contributed by atoms with Crippen LogP contribution in [0.2, 0.25) is 0 Å². The lowest BCUT2D eigenvalue weighted by molar-refractivity contribution is -0.137. The van der Waals surface area contributed by atoms with Gasteiger partial charge in [-0.25, -0.2) is 13.2 Å². The van der Waals surface area contributed by atoms with Crippen LogP contribution in [-0.2, 0) is 11.0 Å². The number of nitrogens with one attached hydrogen (secondary N) is 1. The van der Waals surface area contributed by atoms with Crippen LogP contribution in [0.15, 0.2) is 49.1 Å². The molecule has 2 aromatic rings. The number of halogens is 6. The quantitative estimate of drug-likeness (QED) is 0.316. The summed E-state index contributed by atoms with van der Waals surface area (Å²) < 4.78 is 85.6. The summed E-state index contributed by atoms with van der Waals surface area (Å²) in [5.41, 5.74) is -0.530. The topological polar surface area (TPSA) is 73.3 Å². The first-order valence-electron chi connectivity index (χ1n) is 8.92. The van der Waals surface area contributed by atoms with E-state index in [1.165, 1.54) is 18.2 Å². The van der Waals surface area contributed by atoms with E-state index in [0.29, 0.717) is 5.56 Å². The SMILES string of the molecule is C=CC(F)COc1cc(OCC(F)F)nc(NC(=O)/C=C/c2ccc(C(F)(F)F)cc2)n1. The molecule has 6 nitrogen and oxygen atoms in total. The highest BCUT2D eigenvalue weighted by Gasteiger charge is 2.29. The Hall–Kier alpha value is -3.57. The fourth-order valence-corrected chi connectivity index (χ4v) is 2.10. The average molecular weight is 461 g/mol. The van der Waals surface area contributed by atoms with E-state index in [4.69, 9.17) is 9.47 Å². The van der Waals surface area contributed by atoms with E-state index in [0.717, 1.165) is 30.4 Å². The number of anilines is 1. The van der Waals surface area contributed by atoms with Crippen LogP contribution in [0.3, 0.4) is 0 Å². The predicted octanol–water partition coefficient (Wildman–Crippen LogP) is 4.69. The maximum absolute atomic E-state index is 13.3. The first-order valence-corrected chi connectivity index (χ1v) is 8.92. The fourth-order valence-electron chi connectivity index (χ4n) is 2.10. The van der Waals surface area contributed by atoms with Crippen LogP contribution in [0.1, 0.15) is 11.1 Å². The first-order chi connectivity index (χ1) is 15.1. The minimum Gasteiger partial charge on any atom is -0.474 e. The van der Waals surface area contributed by atoms with E-state index in [1.54, 1.807) is 0 Å². The van der Waals surface area contributed by atoms with Gasteiger partial charge in [0.2, 0.25) is 17.7 Å². The zero-order valence-electron chi connectivity index (χ0n) is 16.3. The molecule has 0 aliphatic rings. The Morgan fingerprint density at radius 3 is 2.19 bits per heavy atom. The fraction of sp³-hybridized carbons (Fsp3) is 0.250. The minimum absolute atomic E-state index is 0.254. The van der Waals surface area contributed by atoms with E-state index in [-0.39, 0.29) is 17.7 Å². The van der Waals surface area contributed by atoms with Crippen molar-refractivity contribution in [2.24, 2.45) is 0 Å². The summed E-state index contributed by atoms with van der Waals surface area (Å²) in [6, 6.07) is 5.08. The van der Waals surface area contributed by atoms with Crippen LogP contribution < -0.4 is 14.8 Å². The molecule has 0 fully saturated rings. The van der Waals surface area contributed by atoms with Gasteiger partial charge in [-0.1, -0.05) is 18.2 Å². The number of carbonyl (C=O) groups is 1. The van der Waals surface area contributed by atoms with E-state index < -0.39 is 43.5 Å². The van der Waals surface area contributed by atoms with Crippen molar-refractivity contribution >= 4 is 17.9 Å². The van der Waals surface area contributed by atoms with Gasteiger partial charge in [-0.2, -0.15) is 23.1 Å². The molecular formula is C20H17F6N3O3. The number of rotatable bonds is 10. The van der Waals surface area contributed by atoms with Gasteiger partial charge in [0.1, 0.15) is 6.61 Å². The van der Waals surface area contributed by atoms with Gasteiger partial charge >= 0.3 is 6.18 Å². The van der Waals surface area contributed by atoms with Crippen LogP contribution in [0.5, 0.6) is 11.8 Å². The van der Waals surface area contributed by atoms with Gasteiger partial charge < -0.3 is 9.47 Å². The van der Waals surface area contributed by atoms with Crippen LogP contribution in [-0.4, -0.2) is 41.7 Å². The number of carbonyl (C=O) groups excluding carboxylic acids is 1. The Morgan fingerprint density at radius 2 is 1.66 bits per heavy atom. The number of amides is 1. The van der Waals surface area contributed by atoms with Crippen LogP contribution in [0.25, 0.3) is 6.08 Å². The molecule has 0 saturated heterocycles. The smallest absolute Gasteiger partial charge is 0.416 e. The van der Waals surface area contributed by atoms with Crippen molar-refractivity contribution < 1.29 is 40.6 Å². The molecule has 0 radical (unpaired) electrons. The first kappa shape index (κ1) is 24.7. The Morgan fingerprint density at radius 1 is 1.06 bits per heavy atom. The number of benzene rings is 1. The molecule has 1 aromatic carbocycles. The maximum Gasteiger partial charge on any atom is 0.416 e. The van der Waals surface area contributed by atoms with Crippen molar-refractivity contribution in [3.63, 3.8) is 0 Å². The van der Waals surface area contributed by atoms with Gasteiger partial charge in [0.05, 0.1) is 11.6 Å². The zero-order valence-corrected chi connectivity index (χ0v) is 16.3. The van der Waals surface area contributed by atoms with Crippen LogP contribution >= 0.6 is 0 Å². The van der Waals surface area contributed by atoms with Gasteiger partial charge in [0.25, 0.3) is 12.3 Å². The summed E-state index contributed by atoms with van der Waals surface area (Å²) in [6.07, 6.45) is -5.60. The maximum atomic E-state index is 13.3. The third kappa shape index (κ3) is 8.28. The summed E-state index contributed by atoms with van der Waals surface area (Å²) in [4.78, 5) is 19.6. The summed E-state index contributed by atoms with van der Waals surface area (Å²) in [6.45, 7) is 1.78. The molecule has 0 saturated carbocycles. The molecule has 0 spiro atoms. The van der Waals surface area contributed by atoms with Crippen LogP contribution in [0, 0.1) is 0 Å². The molecule has 172 valence electrons. The molecule has 0 aliphatic heterocycles. The Labute approximate surface area is 178 Å². The van der Waals surface area contributed by atoms with Gasteiger partial charge in [-0.15, -0.1) is 6.58 Å². The van der Waals surface area contributed by atoms with Crippen molar-refractivity contribution in [3.05, 3.63) is 60.2 Å². The molecule has 1 aromatic heterocycles. The molecule has 1 heterocycles. The van der Waals surface area contributed by atoms with Crippen LogP contribution in [0.4, 0.5) is 32.3 Å². The van der Waals surface area contributed by atoms with Crippen molar-refractivity contribution in [2.45, 2.75) is 18.8 Å². The Kier molecular flexibility index (Phi) is 8.62. The lowest BCUT2D eigenvalue weighted by Crippen LogP contribution is -2.15. The number of hydrogen-bond acceptors (Lipinski definition) is 5. The molecule has 1 amide bonds. The lowest BCUT2D eigenvalue weighted by atomic mass is 10.1. The van der Waals surface area contributed by atoms with Crippen molar-refractivity contribution in [1.29, 1.82) is 0 Å². The Balaban J connectivity index is 2.10. The molecule has 32 heavy (non-hydrogen) atoms. The van der Waals surface area contributed by atoms with E-state index in [1.807, 2.05) is 0 Å². The van der Waals surface area contributed by atoms with Crippen molar-refractivity contribution in [1.82, 2.24) is 9.97 Å². The summed E-state index contributed by atoms with van der Waals surface area (Å²) >= 11 is 0. The molecule has 1 unspecified atom stereocenters. The van der Waals surface area contributed by atoms with Gasteiger partial charge in [0.15, 0.2) is 12.8 Å². The highest BCUT2D eigenvalue weighted by molar-refractivity contribution is 6.00. The molecule has 2 rings (SSSR count). The second kappa shape index (κ2) is 11.2. The highest BCUT2D eigenvalue weighted by atomic mass is 19.4. The van der Waals surface area contributed by atoms with E-state index in [9.17, 15) is 31.1 Å². The molecule has 0 aliphatic carbocycles. The van der Waals surface area contributed by atoms with E-state index in [2.05, 4.69) is 21.9 Å². The third-order valence-corrected chi connectivity index (χ3v) is 3.58. The third-order valence-electron chi connectivity index (χ3n) is 3.58. The molecule has 1 N–H and O–H groups in total. The predicted molar refractivity (Wildman–Crippen MR) is 103 cm³/mol. The number of nitrogens with zero attached hydrogens (tertiary/aromatic N) is 2. The lowest BCUT2D eigenvalue weighted by Gasteiger charge is -2.11. The normalized spacial score (nSPS) is 12.6. The number of hydrogen-bond donors (Lipinski definition) is 1. The Bertz CT molecular complexity index is 949. The number of aromatic nitrogens is 2. The minimum atomic E-state index is -4.48. The van der Waals surface area contributed by atoms with E-state index >= 15 is 0 Å².